The molecule has 2 aliphatic heterocycles. The van der Waals surface area contributed by atoms with Gasteiger partial charge in [-0.2, -0.15) is 13.2 Å². The van der Waals surface area contributed by atoms with E-state index in [2.05, 4.69) is 5.32 Å². The number of methoxy groups -OCH3 is 1. The highest BCUT2D eigenvalue weighted by Gasteiger charge is 2.55. The van der Waals surface area contributed by atoms with E-state index < -0.39 is 52.3 Å². The summed E-state index contributed by atoms with van der Waals surface area (Å²) < 4.78 is 58.9. The third-order valence-corrected chi connectivity index (χ3v) is 8.14. The molecule has 11 heteroatoms. The van der Waals surface area contributed by atoms with Crippen LogP contribution in [-0.4, -0.2) is 67.4 Å². The summed E-state index contributed by atoms with van der Waals surface area (Å²) in [7, 11) is 3.35. The maximum absolute atomic E-state index is 14.3. The number of likely N-dealkylation sites (N-methyl/N-ethyl adjacent to an activating group) is 1. The number of hydrogen-bond donors (Lipinski definition) is 1. The molecule has 0 bridgehead atoms. The molecule has 4 rings (SSSR count). The second-order valence-corrected chi connectivity index (χ2v) is 10.9. The molecule has 40 heavy (non-hydrogen) atoms. The van der Waals surface area contributed by atoms with Crippen molar-refractivity contribution in [1.82, 2.24) is 15.1 Å². The molecule has 2 unspecified atom stereocenters. The average molecular weight is 564 g/mol. The van der Waals surface area contributed by atoms with Crippen molar-refractivity contribution in [2.45, 2.75) is 44.8 Å². The lowest BCUT2D eigenvalue weighted by molar-refractivity contribution is -0.143. The number of carbonyl (C=O) groups is 3. The Morgan fingerprint density at radius 1 is 1.07 bits per heavy atom. The van der Waals surface area contributed by atoms with Gasteiger partial charge < -0.3 is 19.9 Å². The highest BCUT2D eigenvalue weighted by atomic mass is 19.4. The molecular weight excluding hydrogens is 530 g/mol. The van der Waals surface area contributed by atoms with E-state index in [1.165, 1.54) is 0 Å². The molecule has 2 heterocycles. The molecule has 7 nitrogen and oxygen atoms in total. The molecule has 2 atom stereocenters. The third-order valence-electron chi connectivity index (χ3n) is 8.14. The predicted octanol–water partition coefficient (Wildman–Crippen LogP) is 4.47. The Morgan fingerprint density at radius 2 is 1.70 bits per heavy atom. The van der Waals surface area contributed by atoms with Crippen LogP contribution in [0.2, 0.25) is 0 Å². The highest BCUT2D eigenvalue weighted by molar-refractivity contribution is 5.98. The Morgan fingerprint density at radius 3 is 2.25 bits per heavy atom. The van der Waals surface area contributed by atoms with Gasteiger partial charge in [-0.25, -0.2) is 4.39 Å². The standard InChI is InChI=1S/C29H33F4N3O4/c1-17(2)24(34-25(37)21-15-19(29(31,32)33)7-10-23(21)30)26(38)36-13-11-28(12-14-36)22(16-35(3)27(28)39)18-5-8-20(40-4)9-6-18/h5-10,15,17,22,24H,11-14,16H2,1-4H3,(H,34,37). The SMILES string of the molecule is COc1ccc(C2CN(C)C(=O)C23CCN(C(=O)C(NC(=O)c2cc(C(F)(F)F)ccc2F)C(C)C)CC3)cc1. The van der Waals surface area contributed by atoms with Gasteiger partial charge in [0.1, 0.15) is 17.6 Å². The van der Waals surface area contributed by atoms with Gasteiger partial charge >= 0.3 is 6.18 Å². The summed E-state index contributed by atoms with van der Waals surface area (Å²) >= 11 is 0. The first kappa shape index (κ1) is 29.4. The van der Waals surface area contributed by atoms with Crippen molar-refractivity contribution in [1.29, 1.82) is 0 Å². The van der Waals surface area contributed by atoms with Gasteiger partial charge in [-0.3, -0.25) is 14.4 Å². The van der Waals surface area contributed by atoms with Crippen LogP contribution in [0.5, 0.6) is 5.75 Å². The largest absolute Gasteiger partial charge is 0.497 e. The maximum Gasteiger partial charge on any atom is 0.416 e. The fourth-order valence-corrected chi connectivity index (χ4v) is 5.81. The Labute approximate surface area is 230 Å². The number of piperidine rings is 1. The number of nitrogens with one attached hydrogen (secondary N) is 1. The molecule has 216 valence electrons. The minimum Gasteiger partial charge on any atom is -0.497 e. The van der Waals surface area contributed by atoms with Gasteiger partial charge in [-0.1, -0.05) is 26.0 Å². The van der Waals surface area contributed by atoms with E-state index in [9.17, 15) is 31.9 Å². The van der Waals surface area contributed by atoms with Crippen LogP contribution in [0.1, 0.15) is 54.1 Å². The molecule has 1 N–H and O–H groups in total. The van der Waals surface area contributed by atoms with Crippen LogP contribution >= 0.6 is 0 Å². The average Bonchev–Trinajstić information content (AvgIpc) is 3.16. The Kier molecular flexibility index (Phi) is 8.14. The minimum absolute atomic E-state index is 0.0224. The molecule has 1 spiro atoms. The second kappa shape index (κ2) is 11.1. The van der Waals surface area contributed by atoms with Crippen LogP contribution in [0.3, 0.4) is 0 Å². The lowest BCUT2D eigenvalue weighted by atomic mass is 9.68. The molecule has 0 radical (unpaired) electrons. The Hall–Kier alpha value is -3.63. The first-order valence-electron chi connectivity index (χ1n) is 13.1. The zero-order chi connectivity index (χ0) is 29.4. The molecule has 3 amide bonds. The van der Waals surface area contributed by atoms with E-state index in [0.717, 1.165) is 5.56 Å². The number of hydrogen-bond acceptors (Lipinski definition) is 4. The van der Waals surface area contributed by atoms with E-state index in [4.69, 9.17) is 4.74 Å². The fourth-order valence-electron chi connectivity index (χ4n) is 5.81. The molecule has 2 fully saturated rings. The van der Waals surface area contributed by atoms with E-state index in [-0.39, 0.29) is 24.9 Å². The number of rotatable bonds is 6. The second-order valence-electron chi connectivity index (χ2n) is 10.9. The first-order valence-corrected chi connectivity index (χ1v) is 13.1. The number of alkyl halides is 3. The van der Waals surface area contributed by atoms with Gasteiger partial charge in [0.2, 0.25) is 11.8 Å². The number of ether oxygens (including phenoxy) is 1. The zero-order valence-corrected chi connectivity index (χ0v) is 22.8. The quantitative estimate of drug-likeness (QED) is 0.526. The summed E-state index contributed by atoms with van der Waals surface area (Å²) in [6, 6.07) is 8.11. The molecule has 2 saturated heterocycles. The normalized spacial score (nSPS) is 19.7. The summed E-state index contributed by atoms with van der Waals surface area (Å²) in [4.78, 5) is 43.0. The van der Waals surface area contributed by atoms with Crippen molar-refractivity contribution in [3.05, 3.63) is 65.0 Å². The number of amides is 3. The molecular formula is C29H33F4N3O4. The van der Waals surface area contributed by atoms with Crippen LogP contribution in [0.15, 0.2) is 42.5 Å². The molecule has 2 aromatic rings. The third kappa shape index (κ3) is 5.51. The van der Waals surface area contributed by atoms with Gasteiger partial charge in [-0.15, -0.1) is 0 Å². The molecule has 0 aromatic heterocycles. The topological polar surface area (TPSA) is 79.0 Å². The number of likely N-dealkylation sites (tertiary alicyclic amines) is 2. The molecule has 0 saturated carbocycles. The van der Waals surface area contributed by atoms with Gasteiger partial charge in [0, 0.05) is 32.6 Å². The smallest absolute Gasteiger partial charge is 0.416 e. The Bertz CT molecular complexity index is 1270. The summed E-state index contributed by atoms with van der Waals surface area (Å²) in [5, 5.41) is 2.45. The van der Waals surface area contributed by atoms with Gasteiger partial charge in [0.15, 0.2) is 0 Å². The van der Waals surface area contributed by atoms with Crippen molar-refractivity contribution < 1.29 is 36.7 Å². The van der Waals surface area contributed by atoms with Crippen LogP contribution in [0.25, 0.3) is 0 Å². The number of halogens is 4. The summed E-state index contributed by atoms with van der Waals surface area (Å²) in [6.45, 7) is 4.45. The van der Waals surface area contributed by atoms with Crippen molar-refractivity contribution in [3.8, 4) is 5.75 Å². The number of nitrogens with zero attached hydrogens (tertiary/aromatic N) is 2. The van der Waals surface area contributed by atoms with Crippen molar-refractivity contribution >= 4 is 17.7 Å². The van der Waals surface area contributed by atoms with Crippen molar-refractivity contribution in [3.63, 3.8) is 0 Å². The van der Waals surface area contributed by atoms with Crippen LogP contribution in [0.4, 0.5) is 17.6 Å². The lowest BCUT2D eigenvalue weighted by Gasteiger charge is -2.42. The summed E-state index contributed by atoms with van der Waals surface area (Å²) in [5.74, 6) is -2.41. The minimum atomic E-state index is -4.75. The molecule has 0 aliphatic carbocycles. The van der Waals surface area contributed by atoms with Crippen LogP contribution < -0.4 is 10.1 Å². The fraction of sp³-hybridized carbons (Fsp3) is 0.483. The number of benzene rings is 2. The number of carbonyl (C=O) groups excluding carboxylic acids is 3. The molecule has 2 aromatic carbocycles. The summed E-state index contributed by atoms with van der Waals surface area (Å²) in [5.41, 5.74) is -1.62. The van der Waals surface area contributed by atoms with E-state index in [0.29, 0.717) is 43.3 Å². The van der Waals surface area contributed by atoms with Crippen LogP contribution in [0, 0.1) is 17.2 Å². The van der Waals surface area contributed by atoms with E-state index in [1.54, 1.807) is 37.8 Å². The first-order chi connectivity index (χ1) is 18.8. The van der Waals surface area contributed by atoms with E-state index in [1.807, 2.05) is 24.3 Å². The predicted molar refractivity (Wildman–Crippen MR) is 139 cm³/mol. The van der Waals surface area contributed by atoms with Gasteiger partial charge in [0.05, 0.1) is 23.7 Å². The summed E-state index contributed by atoms with van der Waals surface area (Å²) in [6.07, 6.45) is -3.92. The zero-order valence-electron chi connectivity index (χ0n) is 22.8. The molecule has 2 aliphatic rings. The van der Waals surface area contributed by atoms with E-state index >= 15 is 0 Å². The van der Waals surface area contributed by atoms with Crippen molar-refractivity contribution in [2.24, 2.45) is 11.3 Å². The van der Waals surface area contributed by atoms with Crippen molar-refractivity contribution in [2.75, 3.05) is 33.8 Å². The lowest BCUT2D eigenvalue weighted by Crippen LogP contribution is -2.55. The maximum atomic E-state index is 14.3. The van der Waals surface area contributed by atoms with Gasteiger partial charge in [0.25, 0.3) is 5.91 Å². The van der Waals surface area contributed by atoms with Gasteiger partial charge in [-0.05, 0) is 54.7 Å². The van der Waals surface area contributed by atoms with Crippen LogP contribution in [-0.2, 0) is 15.8 Å². The Balaban J connectivity index is 1.50. The monoisotopic (exact) mass is 563 g/mol. The highest BCUT2D eigenvalue weighted by Crippen LogP contribution is 2.50.